The molecule has 2 heterocycles. The zero-order valence-corrected chi connectivity index (χ0v) is 27.0. The lowest BCUT2D eigenvalue weighted by Crippen LogP contribution is -1.92. The summed E-state index contributed by atoms with van der Waals surface area (Å²) in [5.74, 6) is 0. The van der Waals surface area contributed by atoms with Crippen LogP contribution in [0.3, 0.4) is 0 Å². The minimum absolute atomic E-state index is 0.826. The molecule has 0 fully saturated rings. The first-order valence-corrected chi connectivity index (χ1v) is 17.1. The van der Waals surface area contributed by atoms with Crippen molar-refractivity contribution in [3.63, 3.8) is 0 Å². The van der Waals surface area contributed by atoms with Gasteiger partial charge >= 0.3 is 0 Å². The van der Waals surface area contributed by atoms with Crippen LogP contribution in [0.1, 0.15) is 0 Å². The first-order chi connectivity index (χ1) is 24.8. The van der Waals surface area contributed by atoms with E-state index in [9.17, 15) is 0 Å². The van der Waals surface area contributed by atoms with Gasteiger partial charge in [-0.25, -0.2) is 0 Å². The maximum Gasteiger partial charge on any atom is 0.146 e. The fourth-order valence-corrected chi connectivity index (χ4v) is 8.34. The lowest BCUT2D eigenvalue weighted by atomic mass is 9.84. The van der Waals surface area contributed by atoms with E-state index in [1.54, 1.807) is 0 Å². The molecule has 232 valence electrons. The Morgan fingerprint density at radius 2 is 0.940 bits per heavy atom. The molecule has 0 aliphatic carbocycles. The standard InChI is InChI=1S/C48H28O2/c1-2-12-29(13-3-1)42-28-49-48-39(42)24-25-43-47(48)40-23-22-31(27-44(40)50-43)45-35-18-8-10-20-37(35)46(38-21-11-9-19-36(38)45)41-26-30-14-4-5-15-32(30)33-16-6-7-17-34(33)41/h1-28H. The zero-order chi connectivity index (χ0) is 32.8. The number of hydrogen-bond acceptors (Lipinski definition) is 2. The van der Waals surface area contributed by atoms with E-state index in [1.165, 1.54) is 59.8 Å². The summed E-state index contributed by atoms with van der Waals surface area (Å²) in [6.07, 6.45) is 1.87. The summed E-state index contributed by atoms with van der Waals surface area (Å²) < 4.78 is 12.8. The average molecular weight is 637 g/mol. The van der Waals surface area contributed by atoms with Crippen LogP contribution in [-0.2, 0) is 0 Å². The number of fused-ring (bicyclic) bond motifs is 10. The Kier molecular flexibility index (Phi) is 5.70. The van der Waals surface area contributed by atoms with Crippen molar-refractivity contribution in [1.29, 1.82) is 0 Å². The topological polar surface area (TPSA) is 26.3 Å². The molecule has 11 aromatic rings. The van der Waals surface area contributed by atoms with Crippen molar-refractivity contribution in [1.82, 2.24) is 0 Å². The minimum atomic E-state index is 0.826. The molecule has 0 atom stereocenters. The van der Waals surface area contributed by atoms with E-state index in [0.29, 0.717) is 0 Å². The van der Waals surface area contributed by atoms with Gasteiger partial charge in [0.25, 0.3) is 0 Å². The quantitative estimate of drug-likeness (QED) is 0.142. The summed E-state index contributed by atoms with van der Waals surface area (Å²) in [4.78, 5) is 0. The van der Waals surface area contributed by atoms with Crippen molar-refractivity contribution < 1.29 is 8.83 Å². The van der Waals surface area contributed by atoms with E-state index < -0.39 is 0 Å². The second-order valence-corrected chi connectivity index (χ2v) is 13.2. The fraction of sp³-hybridized carbons (Fsp3) is 0. The van der Waals surface area contributed by atoms with Crippen molar-refractivity contribution in [3.05, 3.63) is 170 Å². The molecule has 0 bridgehead atoms. The Labute approximate surface area is 287 Å². The van der Waals surface area contributed by atoms with Gasteiger partial charge in [0.1, 0.15) is 16.7 Å². The second kappa shape index (κ2) is 10.4. The highest BCUT2D eigenvalue weighted by Crippen LogP contribution is 2.47. The molecule has 0 N–H and O–H groups in total. The Hall–Kier alpha value is -6.64. The monoisotopic (exact) mass is 636 g/mol. The predicted molar refractivity (Wildman–Crippen MR) is 210 cm³/mol. The van der Waals surface area contributed by atoms with Crippen LogP contribution in [0.15, 0.2) is 179 Å². The van der Waals surface area contributed by atoms with Crippen LogP contribution in [0.2, 0.25) is 0 Å². The Bertz CT molecular complexity index is 3080. The van der Waals surface area contributed by atoms with Crippen molar-refractivity contribution in [3.8, 4) is 33.4 Å². The lowest BCUT2D eigenvalue weighted by molar-refractivity contribution is 0.619. The van der Waals surface area contributed by atoms with E-state index in [-0.39, 0.29) is 0 Å². The fourth-order valence-electron chi connectivity index (χ4n) is 8.34. The molecule has 0 spiro atoms. The van der Waals surface area contributed by atoms with Gasteiger partial charge in [-0.2, -0.15) is 0 Å². The third-order valence-electron chi connectivity index (χ3n) is 10.5. The van der Waals surface area contributed by atoms with Crippen molar-refractivity contribution >= 4 is 76.0 Å². The zero-order valence-electron chi connectivity index (χ0n) is 27.0. The molecule has 50 heavy (non-hydrogen) atoms. The van der Waals surface area contributed by atoms with Gasteiger partial charge in [0, 0.05) is 16.3 Å². The van der Waals surface area contributed by atoms with Gasteiger partial charge in [0.15, 0.2) is 0 Å². The average Bonchev–Trinajstić information content (AvgIpc) is 3.78. The molecule has 9 aromatic carbocycles. The molecule has 11 rings (SSSR count). The smallest absolute Gasteiger partial charge is 0.146 e. The van der Waals surface area contributed by atoms with E-state index in [4.69, 9.17) is 8.83 Å². The molecule has 0 saturated heterocycles. The first-order valence-electron chi connectivity index (χ1n) is 17.1. The molecule has 0 radical (unpaired) electrons. The number of rotatable bonds is 3. The van der Waals surface area contributed by atoms with Gasteiger partial charge in [-0.05, 0) is 101 Å². The van der Waals surface area contributed by atoms with Crippen LogP contribution >= 0.6 is 0 Å². The third-order valence-corrected chi connectivity index (χ3v) is 10.5. The van der Waals surface area contributed by atoms with Gasteiger partial charge in [-0.1, -0.05) is 133 Å². The van der Waals surface area contributed by atoms with Gasteiger partial charge in [0.2, 0.25) is 0 Å². The Morgan fingerprint density at radius 3 is 1.68 bits per heavy atom. The molecule has 0 amide bonds. The van der Waals surface area contributed by atoms with Gasteiger partial charge in [-0.3, -0.25) is 0 Å². The maximum absolute atomic E-state index is 6.58. The van der Waals surface area contributed by atoms with E-state index in [2.05, 4.69) is 158 Å². The molecule has 2 nitrogen and oxygen atoms in total. The molecule has 2 heteroatoms. The number of furan rings is 2. The van der Waals surface area contributed by atoms with Crippen LogP contribution in [-0.4, -0.2) is 0 Å². The molecule has 0 unspecified atom stereocenters. The van der Waals surface area contributed by atoms with E-state index in [1.807, 2.05) is 12.3 Å². The minimum Gasteiger partial charge on any atom is -0.463 e. The van der Waals surface area contributed by atoms with E-state index in [0.717, 1.165) is 49.6 Å². The van der Waals surface area contributed by atoms with Crippen molar-refractivity contribution in [2.45, 2.75) is 0 Å². The van der Waals surface area contributed by atoms with Crippen LogP contribution in [0.4, 0.5) is 0 Å². The molecule has 0 saturated carbocycles. The first kappa shape index (κ1) is 27.3. The predicted octanol–water partition coefficient (Wildman–Crippen LogP) is 13.9. The molecule has 0 aliphatic rings. The highest BCUT2D eigenvalue weighted by molar-refractivity contribution is 6.26. The molecular formula is C48H28O2. The summed E-state index contributed by atoms with van der Waals surface area (Å²) in [5.41, 5.74) is 9.61. The van der Waals surface area contributed by atoms with Gasteiger partial charge in [-0.15, -0.1) is 0 Å². The summed E-state index contributed by atoms with van der Waals surface area (Å²) in [6.45, 7) is 0. The molecular weight excluding hydrogens is 609 g/mol. The summed E-state index contributed by atoms with van der Waals surface area (Å²) in [6, 6.07) is 58.9. The van der Waals surface area contributed by atoms with Crippen LogP contribution < -0.4 is 0 Å². The maximum atomic E-state index is 6.58. The van der Waals surface area contributed by atoms with Crippen molar-refractivity contribution in [2.24, 2.45) is 0 Å². The Balaban J connectivity index is 1.18. The Morgan fingerprint density at radius 1 is 0.340 bits per heavy atom. The van der Waals surface area contributed by atoms with Crippen LogP contribution in [0.5, 0.6) is 0 Å². The second-order valence-electron chi connectivity index (χ2n) is 13.2. The van der Waals surface area contributed by atoms with Gasteiger partial charge in [0.05, 0.1) is 11.6 Å². The van der Waals surface area contributed by atoms with Crippen LogP contribution in [0, 0.1) is 0 Å². The summed E-state index contributed by atoms with van der Waals surface area (Å²) in [5, 5.41) is 13.1. The molecule has 2 aromatic heterocycles. The highest BCUT2D eigenvalue weighted by Gasteiger charge is 2.21. The normalized spacial score (nSPS) is 12.0. The van der Waals surface area contributed by atoms with Crippen LogP contribution in [0.25, 0.3) is 109 Å². The highest BCUT2D eigenvalue weighted by atomic mass is 16.3. The van der Waals surface area contributed by atoms with Crippen molar-refractivity contribution in [2.75, 3.05) is 0 Å². The summed E-state index contributed by atoms with van der Waals surface area (Å²) >= 11 is 0. The lowest BCUT2D eigenvalue weighted by Gasteiger charge is -2.19. The number of hydrogen-bond donors (Lipinski definition) is 0. The van der Waals surface area contributed by atoms with E-state index >= 15 is 0 Å². The molecule has 0 aliphatic heterocycles. The third kappa shape index (κ3) is 3.85. The largest absolute Gasteiger partial charge is 0.463 e. The summed E-state index contributed by atoms with van der Waals surface area (Å²) in [7, 11) is 0. The SMILES string of the molecule is c1ccc(-c2coc3c2ccc2oc4cc(-c5c6ccccc6c(-c6cc7ccccc7c7ccccc67)c6ccccc56)ccc4c23)cc1. The van der Waals surface area contributed by atoms with Gasteiger partial charge < -0.3 is 8.83 Å². The number of benzene rings is 9.